The molecule has 0 heterocycles. The van der Waals surface area contributed by atoms with Crippen LogP contribution in [-0.2, 0) is 23.8 Å². The number of carbonyl (C=O) groups is 2. The summed E-state index contributed by atoms with van der Waals surface area (Å²) in [4.78, 5) is 25.4. The molecular formula is C65H108O5. The topological polar surface area (TPSA) is 61.8 Å². The SMILES string of the molecule is CC/C=C\C/C=C\C/C=C\C/C=C\C/C=C\CCCCCC(=O)OCC(COCCCCCCCCCCCCCCCCCCCCCC)OC(=O)C/C=C\C/C=C\C/C=C\C/C=C\C/C=C\CC. The van der Waals surface area contributed by atoms with E-state index >= 15 is 0 Å². The highest BCUT2D eigenvalue weighted by Gasteiger charge is 2.17. The van der Waals surface area contributed by atoms with Gasteiger partial charge in [-0.05, 0) is 89.9 Å². The minimum absolute atomic E-state index is 0.0233. The fraction of sp³-hybridized carbons (Fsp3) is 0.662. The molecule has 5 nitrogen and oxygen atoms in total. The number of hydrogen-bond donors (Lipinski definition) is 0. The van der Waals surface area contributed by atoms with Crippen LogP contribution in [0.15, 0.2) is 122 Å². The van der Waals surface area contributed by atoms with Crippen molar-refractivity contribution in [1.29, 1.82) is 0 Å². The van der Waals surface area contributed by atoms with Crippen LogP contribution in [-0.4, -0.2) is 37.9 Å². The Kier molecular flexibility index (Phi) is 56.5. The lowest BCUT2D eigenvalue weighted by Crippen LogP contribution is -2.29. The van der Waals surface area contributed by atoms with Crippen molar-refractivity contribution in [2.45, 2.75) is 258 Å². The molecule has 0 spiro atoms. The van der Waals surface area contributed by atoms with Crippen LogP contribution in [0.5, 0.6) is 0 Å². The van der Waals surface area contributed by atoms with Crippen molar-refractivity contribution in [3.05, 3.63) is 122 Å². The van der Waals surface area contributed by atoms with E-state index in [4.69, 9.17) is 14.2 Å². The van der Waals surface area contributed by atoms with Crippen molar-refractivity contribution >= 4 is 11.9 Å². The van der Waals surface area contributed by atoms with Crippen LogP contribution in [0.4, 0.5) is 0 Å². The first-order valence-corrected chi connectivity index (χ1v) is 29.1. The minimum atomic E-state index is -0.611. The van der Waals surface area contributed by atoms with E-state index in [-0.39, 0.29) is 31.6 Å². The number of esters is 2. The van der Waals surface area contributed by atoms with Crippen LogP contribution in [0.1, 0.15) is 252 Å². The highest BCUT2D eigenvalue weighted by Crippen LogP contribution is 2.15. The summed E-state index contributed by atoms with van der Waals surface area (Å²) in [5, 5.41) is 0. The third-order valence-electron chi connectivity index (χ3n) is 12.0. The molecule has 0 aliphatic rings. The van der Waals surface area contributed by atoms with Crippen LogP contribution in [0.25, 0.3) is 0 Å². The Bertz CT molecular complexity index is 1420. The number of hydrogen-bond acceptors (Lipinski definition) is 5. The highest BCUT2D eigenvalue weighted by molar-refractivity contribution is 5.71. The Hall–Kier alpha value is -3.70. The predicted molar refractivity (Wildman–Crippen MR) is 306 cm³/mol. The normalized spacial score (nSPS) is 13.1. The quantitative estimate of drug-likeness (QED) is 0.0345. The molecule has 0 aromatic rings. The first-order chi connectivity index (χ1) is 34.6. The number of rotatable bonds is 52. The van der Waals surface area contributed by atoms with Gasteiger partial charge < -0.3 is 14.2 Å². The fourth-order valence-corrected chi connectivity index (χ4v) is 7.79. The predicted octanol–water partition coefficient (Wildman–Crippen LogP) is 20.1. The molecule has 0 bridgehead atoms. The Morgan fingerprint density at radius 2 is 0.686 bits per heavy atom. The van der Waals surface area contributed by atoms with E-state index in [2.05, 4.69) is 130 Å². The third kappa shape index (κ3) is 56.9. The van der Waals surface area contributed by atoms with E-state index in [1.165, 1.54) is 116 Å². The Balaban J connectivity index is 4.41. The maximum atomic E-state index is 12.8. The minimum Gasteiger partial charge on any atom is -0.462 e. The van der Waals surface area contributed by atoms with Crippen molar-refractivity contribution in [2.75, 3.05) is 19.8 Å². The summed E-state index contributed by atoms with van der Waals surface area (Å²) >= 11 is 0. The Morgan fingerprint density at radius 3 is 1.09 bits per heavy atom. The zero-order chi connectivity index (χ0) is 50.6. The van der Waals surface area contributed by atoms with Gasteiger partial charge in [0.05, 0.1) is 13.0 Å². The molecule has 0 aromatic carbocycles. The summed E-state index contributed by atoms with van der Waals surface area (Å²) < 4.78 is 17.3. The lowest BCUT2D eigenvalue weighted by atomic mass is 10.0. The van der Waals surface area contributed by atoms with Crippen molar-refractivity contribution in [1.82, 2.24) is 0 Å². The molecule has 1 unspecified atom stereocenters. The van der Waals surface area contributed by atoms with Gasteiger partial charge in [0.25, 0.3) is 0 Å². The molecule has 70 heavy (non-hydrogen) atoms. The average Bonchev–Trinajstić information content (AvgIpc) is 3.36. The van der Waals surface area contributed by atoms with E-state index in [9.17, 15) is 9.59 Å². The Morgan fingerprint density at radius 1 is 0.343 bits per heavy atom. The van der Waals surface area contributed by atoms with Gasteiger partial charge in [0.2, 0.25) is 0 Å². The van der Waals surface area contributed by atoms with Crippen molar-refractivity contribution in [3.63, 3.8) is 0 Å². The summed E-state index contributed by atoms with van der Waals surface area (Å²) in [5.41, 5.74) is 0. The lowest BCUT2D eigenvalue weighted by Gasteiger charge is -2.18. The lowest BCUT2D eigenvalue weighted by molar-refractivity contribution is -0.162. The summed E-state index contributed by atoms with van der Waals surface area (Å²) in [7, 11) is 0. The summed E-state index contributed by atoms with van der Waals surface area (Å²) in [6.07, 6.45) is 84.0. The molecule has 0 aliphatic heterocycles. The van der Waals surface area contributed by atoms with Gasteiger partial charge in [0, 0.05) is 13.0 Å². The summed E-state index contributed by atoms with van der Waals surface area (Å²) in [6.45, 7) is 7.47. The van der Waals surface area contributed by atoms with Crippen LogP contribution < -0.4 is 0 Å². The van der Waals surface area contributed by atoms with Crippen LogP contribution in [0.2, 0.25) is 0 Å². The third-order valence-corrected chi connectivity index (χ3v) is 12.0. The van der Waals surface area contributed by atoms with Crippen molar-refractivity contribution < 1.29 is 23.8 Å². The maximum Gasteiger partial charge on any atom is 0.310 e. The smallest absolute Gasteiger partial charge is 0.310 e. The van der Waals surface area contributed by atoms with E-state index in [1.54, 1.807) is 0 Å². The number of allylic oxidation sites excluding steroid dienone is 19. The van der Waals surface area contributed by atoms with E-state index in [0.29, 0.717) is 13.0 Å². The molecule has 0 N–H and O–H groups in total. The van der Waals surface area contributed by atoms with Crippen molar-refractivity contribution in [3.8, 4) is 0 Å². The molecule has 5 heteroatoms. The molecule has 0 radical (unpaired) electrons. The molecule has 0 saturated heterocycles. The second-order valence-corrected chi connectivity index (χ2v) is 18.8. The zero-order valence-electron chi connectivity index (χ0n) is 45.7. The maximum absolute atomic E-state index is 12.8. The van der Waals surface area contributed by atoms with E-state index in [1.807, 2.05) is 12.2 Å². The number of carbonyl (C=O) groups excluding carboxylic acids is 2. The molecule has 0 amide bonds. The molecule has 0 saturated carbocycles. The van der Waals surface area contributed by atoms with Crippen LogP contribution in [0.3, 0.4) is 0 Å². The number of unbranched alkanes of at least 4 members (excludes halogenated alkanes) is 22. The van der Waals surface area contributed by atoms with E-state index in [0.717, 1.165) is 103 Å². The zero-order valence-corrected chi connectivity index (χ0v) is 45.7. The fourth-order valence-electron chi connectivity index (χ4n) is 7.79. The standard InChI is InChI=1S/C65H108O5/c1-4-7-10-13-16-19-22-25-28-30-32-34-36-39-42-45-48-51-54-57-60-68-61-63(70-65(67)59-56-53-50-47-44-41-37-27-24-21-18-15-12-9-6-3)62-69-64(66)58-55-52-49-46-43-40-38-35-33-31-29-26-23-20-17-14-11-8-5-2/h8-9,11-12,17-18,20-21,26-27,29,33,35,37,40,43-44,47,53,56,63H,4-7,10,13-16,19,22-25,28,30-32,34,36,38-39,41-42,45-46,48-52,54-55,57-62H2,1-3H3/b11-8-,12-9-,20-17-,21-18-,29-26-,35-33-,37-27-,43-40-,47-44-,56-53-. The molecule has 0 aliphatic carbocycles. The highest BCUT2D eigenvalue weighted by atomic mass is 16.6. The monoisotopic (exact) mass is 969 g/mol. The largest absolute Gasteiger partial charge is 0.462 e. The first kappa shape index (κ1) is 66.3. The van der Waals surface area contributed by atoms with Gasteiger partial charge in [-0.1, -0.05) is 271 Å². The first-order valence-electron chi connectivity index (χ1n) is 29.1. The van der Waals surface area contributed by atoms with Gasteiger partial charge in [0.15, 0.2) is 6.10 Å². The van der Waals surface area contributed by atoms with Gasteiger partial charge in [0.1, 0.15) is 6.61 Å². The molecule has 1 atom stereocenters. The number of ether oxygens (including phenoxy) is 3. The molecule has 0 aromatic heterocycles. The molecule has 0 rings (SSSR count). The van der Waals surface area contributed by atoms with Gasteiger partial charge >= 0.3 is 11.9 Å². The van der Waals surface area contributed by atoms with E-state index < -0.39 is 6.10 Å². The Labute approximate surface area is 433 Å². The van der Waals surface area contributed by atoms with Gasteiger partial charge in [-0.15, -0.1) is 0 Å². The van der Waals surface area contributed by atoms with Gasteiger partial charge in [-0.3, -0.25) is 9.59 Å². The molecule has 398 valence electrons. The average molecular weight is 970 g/mol. The summed E-state index contributed by atoms with van der Waals surface area (Å²) in [5.74, 6) is -0.581. The second kappa shape index (κ2) is 59.6. The van der Waals surface area contributed by atoms with Crippen molar-refractivity contribution in [2.24, 2.45) is 0 Å². The van der Waals surface area contributed by atoms with Crippen LogP contribution >= 0.6 is 0 Å². The molecular weight excluding hydrogens is 861 g/mol. The van der Waals surface area contributed by atoms with Gasteiger partial charge in [-0.25, -0.2) is 0 Å². The van der Waals surface area contributed by atoms with Crippen LogP contribution in [0, 0.1) is 0 Å². The summed E-state index contributed by atoms with van der Waals surface area (Å²) in [6, 6.07) is 0. The molecule has 0 fully saturated rings. The second-order valence-electron chi connectivity index (χ2n) is 18.8. The van der Waals surface area contributed by atoms with Gasteiger partial charge in [-0.2, -0.15) is 0 Å².